The molecule has 2 nitrogen and oxygen atoms in total. The number of thioether (sulfide) groups is 1. The van der Waals surface area contributed by atoms with Crippen LogP contribution in [0.2, 0.25) is 0 Å². The predicted molar refractivity (Wildman–Crippen MR) is 76.5 cm³/mol. The van der Waals surface area contributed by atoms with Crippen LogP contribution in [0.25, 0.3) is 0 Å². The highest BCUT2D eigenvalue weighted by Crippen LogP contribution is 2.22. The van der Waals surface area contributed by atoms with Crippen LogP contribution >= 0.6 is 11.8 Å². The van der Waals surface area contributed by atoms with Crippen LogP contribution in [0.15, 0.2) is 30.3 Å². The second kappa shape index (κ2) is 7.75. The molecule has 17 heavy (non-hydrogen) atoms. The van der Waals surface area contributed by atoms with Crippen LogP contribution in [0.5, 0.6) is 0 Å². The number of benzene rings is 1. The van der Waals surface area contributed by atoms with Gasteiger partial charge < -0.3 is 10.4 Å². The molecule has 3 unspecified atom stereocenters. The molecule has 1 aromatic rings. The Hall–Kier alpha value is -0.510. The van der Waals surface area contributed by atoms with Gasteiger partial charge in [0.25, 0.3) is 0 Å². The van der Waals surface area contributed by atoms with E-state index in [2.05, 4.69) is 43.4 Å². The zero-order chi connectivity index (χ0) is 12.7. The van der Waals surface area contributed by atoms with Crippen LogP contribution in [-0.2, 0) is 0 Å². The lowest BCUT2D eigenvalue weighted by Crippen LogP contribution is -2.25. The zero-order valence-electron chi connectivity index (χ0n) is 10.9. The van der Waals surface area contributed by atoms with Crippen LogP contribution < -0.4 is 5.32 Å². The van der Waals surface area contributed by atoms with Crippen molar-refractivity contribution in [2.45, 2.75) is 38.2 Å². The minimum atomic E-state index is -0.252. The molecular formula is C14H23NOS. The van der Waals surface area contributed by atoms with Gasteiger partial charge in [0.15, 0.2) is 0 Å². The molecule has 0 bridgehead atoms. The second-order valence-corrected chi connectivity index (χ2v) is 5.71. The summed E-state index contributed by atoms with van der Waals surface area (Å²) in [7, 11) is 0. The Morgan fingerprint density at radius 1 is 1.24 bits per heavy atom. The summed E-state index contributed by atoms with van der Waals surface area (Å²) in [4.78, 5) is 0. The monoisotopic (exact) mass is 253 g/mol. The summed E-state index contributed by atoms with van der Waals surface area (Å²) in [6.07, 6.45) is -0.252. The molecule has 2 N–H and O–H groups in total. The van der Waals surface area contributed by atoms with Gasteiger partial charge in [-0.15, -0.1) is 0 Å². The fourth-order valence-corrected chi connectivity index (χ4v) is 2.68. The first-order chi connectivity index (χ1) is 8.15. The first-order valence-electron chi connectivity index (χ1n) is 6.23. The van der Waals surface area contributed by atoms with Gasteiger partial charge in [-0.25, -0.2) is 0 Å². The number of nitrogens with one attached hydrogen (secondary N) is 1. The van der Waals surface area contributed by atoms with Crippen LogP contribution in [0, 0.1) is 0 Å². The number of hydrogen-bond acceptors (Lipinski definition) is 3. The fraction of sp³-hybridized carbons (Fsp3) is 0.571. The second-order valence-electron chi connectivity index (χ2n) is 4.30. The molecule has 0 aliphatic carbocycles. The van der Waals surface area contributed by atoms with Gasteiger partial charge in [0.1, 0.15) is 0 Å². The Morgan fingerprint density at radius 3 is 2.41 bits per heavy atom. The van der Waals surface area contributed by atoms with Crippen molar-refractivity contribution in [2.24, 2.45) is 0 Å². The van der Waals surface area contributed by atoms with E-state index >= 15 is 0 Å². The molecule has 1 rings (SSSR count). The van der Waals surface area contributed by atoms with Crippen LogP contribution in [0.4, 0.5) is 0 Å². The summed E-state index contributed by atoms with van der Waals surface area (Å²) in [5.74, 6) is 0.990. The molecule has 0 aliphatic heterocycles. The Morgan fingerprint density at radius 2 is 1.88 bits per heavy atom. The first-order valence-corrected chi connectivity index (χ1v) is 7.28. The van der Waals surface area contributed by atoms with E-state index in [1.165, 1.54) is 5.56 Å². The normalized spacial score (nSPS) is 16.5. The molecule has 0 saturated carbocycles. The molecule has 0 spiro atoms. The van der Waals surface area contributed by atoms with Crippen LogP contribution in [0.1, 0.15) is 32.4 Å². The first kappa shape index (κ1) is 14.6. The van der Waals surface area contributed by atoms with Crippen molar-refractivity contribution >= 4 is 11.8 Å². The predicted octanol–water partition coefficient (Wildman–Crippen LogP) is 2.84. The lowest BCUT2D eigenvalue weighted by Gasteiger charge is -2.21. The van der Waals surface area contributed by atoms with E-state index in [1.807, 2.05) is 24.8 Å². The van der Waals surface area contributed by atoms with Gasteiger partial charge in [-0.2, -0.15) is 11.8 Å². The molecule has 0 amide bonds. The summed E-state index contributed by atoms with van der Waals surface area (Å²) < 4.78 is 0. The lowest BCUT2D eigenvalue weighted by atomic mass is 10.1. The fourth-order valence-electron chi connectivity index (χ4n) is 1.59. The molecular weight excluding hydrogens is 230 g/mol. The van der Waals surface area contributed by atoms with Gasteiger partial charge in [-0.05, 0) is 19.0 Å². The highest BCUT2D eigenvalue weighted by Gasteiger charge is 2.14. The molecule has 1 aromatic carbocycles. The van der Waals surface area contributed by atoms with Gasteiger partial charge in [0, 0.05) is 17.0 Å². The smallest absolute Gasteiger partial charge is 0.0628 e. The molecule has 96 valence electrons. The van der Waals surface area contributed by atoms with E-state index < -0.39 is 0 Å². The Labute approximate surface area is 109 Å². The minimum absolute atomic E-state index is 0.252. The van der Waals surface area contributed by atoms with E-state index in [-0.39, 0.29) is 11.4 Å². The number of rotatable bonds is 7. The molecule has 3 atom stereocenters. The largest absolute Gasteiger partial charge is 0.392 e. The Kier molecular flexibility index (Phi) is 6.63. The molecule has 0 radical (unpaired) electrons. The maximum absolute atomic E-state index is 9.49. The zero-order valence-corrected chi connectivity index (χ0v) is 11.7. The van der Waals surface area contributed by atoms with Gasteiger partial charge in [-0.3, -0.25) is 0 Å². The van der Waals surface area contributed by atoms with Crippen molar-refractivity contribution in [3.63, 3.8) is 0 Å². The lowest BCUT2D eigenvalue weighted by molar-refractivity contribution is 0.196. The maximum Gasteiger partial charge on any atom is 0.0628 e. The van der Waals surface area contributed by atoms with Gasteiger partial charge in [0.2, 0.25) is 0 Å². The summed E-state index contributed by atoms with van der Waals surface area (Å²) in [5, 5.41) is 13.3. The van der Waals surface area contributed by atoms with Gasteiger partial charge >= 0.3 is 0 Å². The summed E-state index contributed by atoms with van der Waals surface area (Å²) >= 11 is 1.81. The minimum Gasteiger partial charge on any atom is -0.392 e. The third-order valence-electron chi connectivity index (χ3n) is 2.86. The molecule has 0 aliphatic rings. The average molecular weight is 253 g/mol. The highest BCUT2D eigenvalue weighted by molar-refractivity contribution is 7.99. The third-order valence-corrected chi connectivity index (χ3v) is 4.30. The number of hydrogen-bond donors (Lipinski definition) is 2. The van der Waals surface area contributed by atoms with Crippen molar-refractivity contribution in [1.82, 2.24) is 5.32 Å². The van der Waals surface area contributed by atoms with E-state index in [0.29, 0.717) is 6.04 Å². The van der Waals surface area contributed by atoms with Crippen molar-refractivity contribution in [1.29, 1.82) is 0 Å². The Balaban J connectivity index is 2.55. The third kappa shape index (κ3) is 5.11. The SMILES string of the molecule is CCNC(CSC(C)C(C)O)c1ccccc1. The van der Waals surface area contributed by atoms with Crippen molar-refractivity contribution in [2.75, 3.05) is 12.3 Å². The van der Waals surface area contributed by atoms with Crippen molar-refractivity contribution in [3.8, 4) is 0 Å². The number of aliphatic hydroxyl groups excluding tert-OH is 1. The quantitative estimate of drug-likeness (QED) is 0.784. The van der Waals surface area contributed by atoms with Gasteiger partial charge in [-0.1, -0.05) is 44.2 Å². The van der Waals surface area contributed by atoms with Crippen molar-refractivity contribution in [3.05, 3.63) is 35.9 Å². The van der Waals surface area contributed by atoms with E-state index in [1.54, 1.807) is 0 Å². The Bertz CT molecular complexity index is 302. The van der Waals surface area contributed by atoms with E-state index in [9.17, 15) is 5.11 Å². The molecule has 0 aromatic heterocycles. The number of aliphatic hydroxyl groups is 1. The van der Waals surface area contributed by atoms with E-state index in [4.69, 9.17) is 0 Å². The summed E-state index contributed by atoms with van der Waals surface area (Å²) in [5.41, 5.74) is 1.32. The molecule has 3 heteroatoms. The highest BCUT2D eigenvalue weighted by atomic mass is 32.2. The standard InChI is InChI=1S/C14H23NOS/c1-4-15-14(10-17-12(3)11(2)16)13-8-6-5-7-9-13/h5-9,11-12,14-16H,4,10H2,1-3H3. The summed E-state index contributed by atoms with van der Waals surface area (Å²) in [6, 6.07) is 10.9. The molecule has 0 heterocycles. The maximum atomic E-state index is 9.49. The average Bonchev–Trinajstić information content (AvgIpc) is 2.35. The van der Waals surface area contributed by atoms with Crippen LogP contribution in [0.3, 0.4) is 0 Å². The van der Waals surface area contributed by atoms with Crippen molar-refractivity contribution < 1.29 is 5.11 Å². The van der Waals surface area contributed by atoms with Gasteiger partial charge in [0.05, 0.1) is 6.10 Å². The van der Waals surface area contributed by atoms with E-state index in [0.717, 1.165) is 12.3 Å². The topological polar surface area (TPSA) is 32.3 Å². The molecule has 0 saturated heterocycles. The molecule has 0 fully saturated rings. The summed E-state index contributed by atoms with van der Waals surface area (Å²) in [6.45, 7) is 7.01. The van der Waals surface area contributed by atoms with Crippen LogP contribution in [-0.4, -0.2) is 28.8 Å².